The zero-order chi connectivity index (χ0) is 17.8. The average Bonchev–Trinajstić information content (AvgIpc) is 3.36. The third kappa shape index (κ3) is 3.65. The van der Waals surface area contributed by atoms with Crippen molar-refractivity contribution in [3.8, 4) is 11.5 Å². The largest absolute Gasteiger partial charge is 0.467 e. The van der Waals surface area contributed by atoms with Gasteiger partial charge in [-0.15, -0.1) is 0 Å². The molecule has 0 unspecified atom stereocenters. The summed E-state index contributed by atoms with van der Waals surface area (Å²) in [5, 5.41) is 7.11. The van der Waals surface area contributed by atoms with Crippen LogP contribution in [0.2, 0.25) is 0 Å². The normalized spacial score (nSPS) is 13.2. The molecule has 0 spiro atoms. The topological polar surface area (TPSA) is 55.7 Å². The summed E-state index contributed by atoms with van der Waals surface area (Å²) in [6.45, 7) is 0.857. The molecule has 0 radical (unpaired) electrons. The van der Waals surface area contributed by atoms with E-state index in [0.717, 1.165) is 28.4 Å². The summed E-state index contributed by atoms with van der Waals surface area (Å²) < 4.78 is 16.3. The van der Waals surface area contributed by atoms with Gasteiger partial charge < -0.3 is 24.5 Å². The van der Waals surface area contributed by atoms with Crippen LogP contribution in [0.3, 0.4) is 0 Å². The molecule has 2 N–H and O–H groups in total. The van der Waals surface area contributed by atoms with E-state index in [9.17, 15) is 0 Å². The van der Waals surface area contributed by atoms with Crippen LogP contribution in [-0.2, 0) is 6.54 Å². The summed E-state index contributed by atoms with van der Waals surface area (Å²) in [5.41, 5.74) is 2.14. The number of hydrogen-bond donors (Lipinski definition) is 2. The highest BCUT2D eigenvalue weighted by Crippen LogP contribution is 2.32. The van der Waals surface area contributed by atoms with Crippen LogP contribution in [0, 0.1) is 0 Å². The number of rotatable bonds is 5. The van der Waals surface area contributed by atoms with Gasteiger partial charge in [0.05, 0.1) is 6.26 Å². The van der Waals surface area contributed by atoms with Gasteiger partial charge in [-0.05, 0) is 47.6 Å². The summed E-state index contributed by atoms with van der Waals surface area (Å²) in [6.07, 6.45) is 1.66. The monoisotopic (exact) mass is 366 g/mol. The zero-order valence-corrected chi connectivity index (χ0v) is 14.8. The van der Waals surface area contributed by atoms with Crippen molar-refractivity contribution in [2.45, 2.75) is 12.6 Å². The molecule has 1 atom stereocenters. The van der Waals surface area contributed by atoms with E-state index in [1.54, 1.807) is 6.26 Å². The maximum Gasteiger partial charge on any atom is 0.231 e. The highest BCUT2D eigenvalue weighted by atomic mass is 32.1. The summed E-state index contributed by atoms with van der Waals surface area (Å²) in [6, 6.07) is 19.6. The Labute approximate surface area is 156 Å². The lowest BCUT2D eigenvalue weighted by Crippen LogP contribution is -2.37. The van der Waals surface area contributed by atoms with Crippen molar-refractivity contribution in [1.82, 2.24) is 10.6 Å². The molecule has 6 heteroatoms. The van der Waals surface area contributed by atoms with Crippen molar-refractivity contribution >= 4 is 17.3 Å². The average molecular weight is 366 g/mol. The van der Waals surface area contributed by atoms with Gasteiger partial charge in [0, 0.05) is 6.54 Å². The fourth-order valence-corrected chi connectivity index (χ4v) is 3.03. The molecule has 0 fully saturated rings. The van der Waals surface area contributed by atoms with Crippen molar-refractivity contribution < 1.29 is 13.9 Å². The minimum absolute atomic E-state index is 0.150. The Bertz CT molecular complexity index is 881. The highest BCUT2D eigenvalue weighted by molar-refractivity contribution is 7.80. The predicted molar refractivity (Wildman–Crippen MR) is 102 cm³/mol. The number of ether oxygens (including phenoxy) is 2. The molecule has 132 valence electrons. The van der Waals surface area contributed by atoms with Crippen molar-refractivity contribution in [3.05, 3.63) is 83.8 Å². The van der Waals surface area contributed by atoms with E-state index in [1.807, 2.05) is 60.7 Å². The highest BCUT2D eigenvalue weighted by Gasteiger charge is 2.18. The second kappa shape index (κ2) is 7.49. The van der Waals surface area contributed by atoms with Crippen molar-refractivity contribution in [2.24, 2.45) is 0 Å². The van der Waals surface area contributed by atoms with Gasteiger partial charge in [0.2, 0.25) is 6.79 Å². The summed E-state index contributed by atoms with van der Waals surface area (Å²) in [4.78, 5) is 0. The molecule has 3 aromatic rings. The Balaban J connectivity index is 1.42. The van der Waals surface area contributed by atoms with Gasteiger partial charge in [0.15, 0.2) is 16.6 Å². The van der Waals surface area contributed by atoms with Crippen LogP contribution in [0.4, 0.5) is 0 Å². The Hall–Kier alpha value is -2.99. The first kappa shape index (κ1) is 16.5. The number of benzene rings is 2. The third-order valence-electron chi connectivity index (χ3n) is 4.13. The van der Waals surface area contributed by atoms with Crippen LogP contribution >= 0.6 is 12.2 Å². The standard InChI is InChI=1S/C20H18N2O3S/c26-20(21-12-14-8-9-16-18(11-14)25-13-24-16)22-19(17-7-4-10-23-17)15-5-2-1-3-6-15/h1-11,19H,12-13H2,(H2,21,22,26)/t19-/m1/s1. The molecule has 2 aromatic carbocycles. The lowest BCUT2D eigenvalue weighted by atomic mass is 10.1. The van der Waals surface area contributed by atoms with E-state index in [1.165, 1.54) is 0 Å². The fourth-order valence-electron chi connectivity index (χ4n) is 2.84. The number of thiocarbonyl (C=S) groups is 1. The van der Waals surface area contributed by atoms with Gasteiger partial charge in [-0.2, -0.15) is 0 Å². The molecule has 1 aliphatic heterocycles. The zero-order valence-electron chi connectivity index (χ0n) is 14.0. The lowest BCUT2D eigenvalue weighted by Gasteiger charge is -2.19. The second-order valence-electron chi connectivity index (χ2n) is 5.87. The first-order valence-corrected chi connectivity index (χ1v) is 8.71. The first-order chi connectivity index (χ1) is 12.8. The molecule has 0 saturated carbocycles. The molecule has 1 aliphatic rings. The van der Waals surface area contributed by atoms with E-state index in [-0.39, 0.29) is 12.8 Å². The van der Waals surface area contributed by atoms with Gasteiger partial charge in [-0.1, -0.05) is 36.4 Å². The number of nitrogens with one attached hydrogen (secondary N) is 2. The first-order valence-electron chi connectivity index (χ1n) is 8.31. The Morgan fingerprint density at radius 1 is 1.00 bits per heavy atom. The predicted octanol–water partition coefficient (Wildman–Crippen LogP) is 3.76. The molecule has 0 bridgehead atoms. The summed E-state index contributed by atoms with van der Waals surface area (Å²) in [7, 11) is 0. The second-order valence-corrected chi connectivity index (χ2v) is 6.28. The van der Waals surface area contributed by atoms with Gasteiger partial charge in [-0.25, -0.2) is 0 Å². The molecule has 5 nitrogen and oxygen atoms in total. The molecule has 1 aromatic heterocycles. The number of hydrogen-bond acceptors (Lipinski definition) is 4. The van der Waals surface area contributed by atoms with Crippen LogP contribution in [0.15, 0.2) is 71.3 Å². The quantitative estimate of drug-likeness (QED) is 0.671. The maximum absolute atomic E-state index is 5.58. The molecule has 0 amide bonds. The third-order valence-corrected chi connectivity index (χ3v) is 4.39. The number of furan rings is 1. The molecule has 26 heavy (non-hydrogen) atoms. The molecule has 0 aliphatic carbocycles. The minimum atomic E-state index is -0.150. The van der Waals surface area contributed by atoms with Crippen LogP contribution in [0.5, 0.6) is 11.5 Å². The van der Waals surface area contributed by atoms with E-state index in [2.05, 4.69) is 10.6 Å². The van der Waals surface area contributed by atoms with Gasteiger partial charge in [0.25, 0.3) is 0 Å². The number of fused-ring (bicyclic) bond motifs is 1. The molecular formula is C20H18N2O3S. The van der Waals surface area contributed by atoms with Gasteiger partial charge >= 0.3 is 0 Å². The SMILES string of the molecule is S=C(NCc1ccc2c(c1)OCO2)N[C@H](c1ccccc1)c1ccco1. The van der Waals surface area contributed by atoms with E-state index in [4.69, 9.17) is 26.1 Å². The van der Waals surface area contributed by atoms with E-state index in [0.29, 0.717) is 11.7 Å². The van der Waals surface area contributed by atoms with Crippen LogP contribution in [0.1, 0.15) is 22.9 Å². The van der Waals surface area contributed by atoms with Crippen LogP contribution < -0.4 is 20.1 Å². The van der Waals surface area contributed by atoms with Gasteiger partial charge in [-0.3, -0.25) is 0 Å². The minimum Gasteiger partial charge on any atom is -0.467 e. The smallest absolute Gasteiger partial charge is 0.231 e. The summed E-state index contributed by atoms with van der Waals surface area (Å²) in [5.74, 6) is 2.35. The Morgan fingerprint density at radius 3 is 2.65 bits per heavy atom. The van der Waals surface area contributed by atoms with E-state index < -0.39 is 0 Å². The molecular weight excluding hydrogens is 348 g/mol. The van der Waals surface area contributed by atoms with Crippen molar-refractivity contribution in [1.29, 1.82) is 0 Å². The Morgan fingerprint density at radius 2 is 1.85 bits per heavy atom. The van der Waals surface area contributed by atoms with Crippen molar-refractivity contribution in [2.75, 3.05) is 6.79 Å². The van der Waals surface area contributed by atoms with Gasteiger partial charge in [0.1, 0.15) is 11.8 Å². The summed E-state index contributed by atoms with van der Waals surface area (Å²) >= 11 is 5.48. The molecule has 0 saturated heterocycles. The molecule has 4 rings (SSSR count). The van der Waals surface area contributed by atoms with E-state index >= 15 is 0 Å². The fraction of sp³-hybridized carbons (Fsp3) is 0.150. The van der Waals surface area contributed by atoms with Crippen LogP contribution in [0.25, 0.3) is 0 Å². The lowest BCUT2D eigenvalue weighted by molar-refractivity contribution is 0.174. The maximum atomic E-state index is 5.58. The Kier molecular flexibility index (Phi) is 4.75. The van der Waals surface area contributed by atoms with Crippen LogP contribution in [-0.4, -0.2) is 11.9 Å². The van der Waals surface area contributed by atoms with Crippen molar-refractivity contribution in [3.63, 3.8) is 0 Å². The molecule has 2 heterocycles.